The van der Waals surface area contributed by atoms with Crippen molar-refractivity contribution in [1.29, 1.82) is 0 Å². The predicted molar refractivity (Wildman–Crippen MR) is 67.6 cm³/mol. The molecule has 0 aliphatic rings. The lowest BCUT2D eigenvalue weighted by molar-refractivity contribution is -0.143. The van der Waals surface area contributed by atoms with Gasteiger partial charge in [0.05, 0.1) is 0 Å². The lowest BCUT2D eigenvalue weighted by Gasteiger charge is -2.22. The molecule has 0 heterocycles. The normalized spacial score (nSPS) is 14.8. The Kier molecular flexibility index (Phi) is 6.85. The zero-order chi connectivity index (χ0) is 13.6. The number of carboxylic acid groups (broad SMARTS) is 1. The zero-order valence-corrected chi connectivity index (χ0v) is 11.5. The van der Waals surface area contributed by atoms with Crippen LogP contribution in [0.5, 0.6) is 0 Å². The second-order valence-corrected chi connectivity index (χ2v) is 5.24. The Morgan fingerprint density at radius 2 is 1.65 bits per heavy atom. The number of aliphatic carboxylic acids is 1. The average Bonchev–Trinajstić information content (AvgIpc) is 2.21. The first-order valence-electron chi connectivity index (χ1n) is 6.31. The van der Waals surface area contributed by atoms with E-state index >= 15 is 0 Å². The van der Waals surface area contributed by atoms with Gasteiger partial charge in [-0.1, -0.05) is 41.0 Å². The quantitative estimate of drug-likeness (QED) is 0.721. The summed E-state index contributed by atoms with van der Waals surface area (Å²) in [6, 6.07) is -0.785. The number of hydrogen-bond donors (Lipinski definition) is 2. The van der Waals surface area contributed by atoms with Crippen molar-refractivity contribution in [3.8, 4) is 0 Å². The minimum absolute atomic E-state index is 0.101. The van der Waals surface area contributed by atoms with Crippen molar-refractivity contribution >= 4 is 11.9 Å². The highest BCUT2D eigenvalue weighted by molar-refractivity contribution is 5.83. The van der Waals surface area contributed by atoms with Crippen LogP contribution in [0, 0.1) is 17.8 Å². The molecule has 2 N–H and O–H groups in total. The molecule has 0 aromatic heterocycles. The van der Waals surface area contributed by atoms with Crippen molar-refractivity contribution in [3.63, 3.8) is 0 Å². The van der Waals surface area contributed by atoms with Crippen molar-refractivity contribution in [2.75, 3.05) is 0 Å². The predicted octanol–water partition coefficient (Wildman–Crippen LogP) is 2.28. The number of carbonyl (C=O) groups excluding carboxylic acids is 1. The summed E-state index contributed by atoms with van der Waals surface area (Å²) in [4.78, 5) is 22.7. The molecule has 0 fully saturated rings. The van der Waals surface area contributed by atoms with Gasteiger partial charge in [-0.2, -0.15) is 0 Å². The van der Waals surface area contributed by atoms with Crippen LogP contribution >= 0.6 is 0 Å². The molecule has 4 heteroatoms. The highest BCUT2D eigenvalue weighted by Crippen LogP contribution is 2.18. The Morgan fingerprint density at radius 1 is 1.12 bits per heavy atom. The first-order valence-corrected chi connectivity index (χ1v) is 6.31. The number of nitrogens with one attached hydrogen (secondary N) is 1. The largest absolute Gasteiger partial charge is 0.480 e. The Labute approximate surface area is 104 Å². The first kappa shape index (κ1) is 15.9. The molecule has 1 unspecified atom stereocenters. The Hall–Kier alpha value is -1.06. The van der Waals surface area contributed by atoms with Crippen LogP contribution in [0.15, 0.2) is 0 Å². The molecule has 0 radical (unpaired) electrons. The maximum absolute atomic E-state index is 11.8. The average molecular weight is 243 g/mol. The van der Waals surface area contributed by atoms with Gasteiger partial charge in [0.1, 0.15) is 6.04 Å². The molecule has 17 heavy (non-hydrogen) atoms. The van der Waals surface area contributed by atoms with Gasteiger partial charge in [-0.3, -0.25) is 4.79 Å². The van der Waals surface area contributed by atoms with E-state index < -0.39 is 12.0 Å². The third-order valence-corrected chi connectivity index (χ3v) is 3.16. The third kappa shape index (κ3) is 5.71. The molecule has 0 saturated carbocycles. The highest BCUT2D eigenvalue weighted by Gasteiger charge is 2.24. The monoisotopic (exact) mass is 243 g/mol. The maximum atomic E-state index is 11.8. The van der Waals surface area contributed by atoms with E-state index in [0.717, 1.165) is 6.42 Å². The molecule has 4 nitrogen and oxygen atoms in total. The fourth-order valence-corrected chi connectivity index (χ4v) is 1.84. The second kappa shape index (κ2) is 7.30. The van der Waals surface area contributed by atoms with Crippen LogP contribution in [0.4, 0.5) is 0 Å². The van der Waals surface area contributed by atoms with Crippen LogP contribution < -0.4 is 5.32 Å². The summed E-state index contributed by atoms with van der Waals surface area (Å²) in [7, 11) is 0. The van der Waals surface area contributed by atoms with Crippen molar-refractivity contribution < 1.29 is 14.7 Å². The number of hydrogen-bond acceptors (Lipinski definition) is 2. The van der Waals surface area contributed by atoms with E-state index in [2.05, 4.69) is 26.1 Å². The lowest BCUT2D eigenvalue weighted by atomic mass is 9.89. The molecular formula is C13H25NO3. The lowest BCUT2D eigenvalue weighted by Crippen LogP contribution is -2.44. The Morgan fingerprint density at radius 3 is 1.94 bits per heavy atom. The topological polar surface area (TPSA) is 66.4 Å². The first-order chi connectivity index (χ1) is 7.79. The molecule has 1 amide bonds. The van der Waals surface area contributed by atoms with E-state index in [1.165, 1.54) is 0 Å². The Bertz CT molecular complexity index is 261. The van der Waals surface area contributed by atoms with Crippen LogP contribution in [0.3, 0.4) is 0 Å². The molecule has 0 rings (SSSR count). The third-order valence-electron chi connectivity index (χ3n) is 3.16. The minimum Gasteiger partial charge on any atom is -0.480 e. The van der Waals surface area contributed by atoms with Gasteiger partial charge in [-0.15, -0.1) is 0 Å². The van der Waals surface area contributed by atoms with E-state index in [1.807, 2.05) is 0 Å². The molecule has 0 aliphatic carbocycles. The van der Waals surface area contributed by atoms with Crippen LogP contribution in [-0.2, 0) is 9.59 Å². The molecule has 0 aromatic carbocycles. The van der Waals surface area contributed by atoms with Gasteiger partial charge in [0.25, 0.3) is 0 Å². The smallest absolute Gasteiger partial charge is 0.326 e. The zero-order valence-electron chi connectivity index (χ0n) is 11.5. The maximum Gasteiger partial charge on any atom is 0.326 e. The van der Waals surface area contributed by atoms with Crippen LogP contribution in [0.2, 0.25) is 0 Å². The Balaban J connectivity index is 4.37. The number of carbonyl (C=O) groups is 2. The van der Waals surface area contributed by atoms with Gasteiger partial charge in [-0.05, 0) is 17.8 Å². The van der Waals surface area contributed by atoms with E-state index in [0.29, 0.717) is 18.3 Å². The van der Waals surface area contributed by atoms with Crippen LogP contribution in [0.25, 0.3) is 0 Å². The van der Waals surface area contributed by atoms with Crippen molar-refractivity contribution in [1.82, 2.24) is 5.32 Å². The molecule has 0 spiro atoms. The van der Waals surface area contributed by atoms with E-state index in [4.69, 9.17) is 5.11 Å². The van der Waals surface area contributed by atoms with E-state index in [1.54, 1.807) is 13.8 Å². The summed E-state index contributed by atoms with van der Waals surface area (Å²) in [6.07, 6.45) is 1.34. The molecule has 0 bridgehead atoms. The minimum atomic E-state index is -0.967. The number of carboxylic acids is 1. The summed E-state index contributed by atoms with van der Waals surface area (Å²) in [5.41, 5.74) is 0. The molecule has 100 valence electrons. The van der Waals surface area contributed by atoms with Gasteiger partial charge in [0.2, 0.25) is 5.91 Å². The van der Waals surface area contributed by atoms with Gasteiger partial charge in [-0.25, -0.2) is 4.79 Å². The van der Waals surface area contributed by atoms with E-state index in [-0.39, 0.29) is 11.8 Å². The highest BCUT2D eigenvalue weighted by atomic mass is 16.4. The second-order valence-electron chi connectivity index (χ2n) is 5.24. The summed E-state index contributed by atoms with van der Waals surface area (Å²) in [5.74, 6) is -0.474. The van der Waals surface area contributed by atoms with Crippen molar-refractivity contribution in [2.45, 2.75) is 53.5 Å². The molecule has 0 aromatic rings. The number of rotatable bonds is 7. The van der Waals surface area contributed by atoms with Gasteiger partial charge in [0.15, 0.2) is 0 Å². The number of amides is 1. The SMILES string of the molecule is CCC(CC(=O)N[C@H](C(=O)O)C(C)C)C(C)C. The molecule has 0 saturated heterocycles. The van der Waals surface area contributed by atoms with E-state index in [9.17, 15) is 9.59 Å². The fraction of sp³-hybridized carbons (Fsp3) is 0.846. The van der Waals surface area contributed by atoms with Gasteiger partial charge in [0, 0.05) is 6.42 Å². The summed E-state index contributed by atoms with van der Waals surface area (Å²) >= 11 is 0. The van der Waals surface area contributed by atoms with Crippen LogP contribution in [-0.4, -0.2) is 23.0 Å². The summed E-state index contributed by atoms with van der Waals surface area (Å²) in [5, 5.41) is 11.6. The summed E-state index contributed by atoms with van der Waals surface area (Å²) < 4.78 is 0. The van der Waals surface area contributed by atoms with Crippen molar-refractivity contribution in [3.05, 3.63) is 0 Å². The van der Waals surface area contributed by atoms with Gasteiger partial charge >= 0.3 is 5.97 Å². The fourth-order valence-electron chi connectivity index (χ4n) is 1.84. The summed E-state index contributed by atoms with van der Waals surface area (Å²) in [6.45, 7) is 9.80. The van der Waals surface area contributed by atoms with Crippen molar-refractivity contribution in [2.24, 2.45) is 17.8 Å². The van der Waals surface area contributed by atoms with Gasteiger partial charge < -0.3 is 10.4 Å². The standard InChI is InChI=1S/C13H25NO3/c1-6-10(8(2)3)7-11(15)14-12(9(4)5)13(16)17/h8-10,12H,6-7H2,1-5H3,(H,14,15)(H,16,17)/t10?,12-/m0/s1. The molecule has 0 aliphatic heterocycles. The molecule has 2 atom stereocenters. The van der Waals surface area contributed by atoms with Crippen LogP contribution in [0.1, 0.15) is 47.5 Å². The molecular weight excluding hydrogens is 218 g/mol.